The summed E-state index contributed by atoms with van der Waals surface area (Å²) in [4.78, 5) is 33.4. The SMILES string of the molecule is CCN1[C@@H]2c3ccc(-c4ccccc4)c(=O)n3C[C@@H]2[C@@H](CO)[C@@H]1C(=O)N1CCN(C)CC1. The molecule has 2 fully saturated rings. The number of aliphatic hydroxyl groups excluding tert-OH is 1. The molecule has 4 heterocycles. The molecule has 0 radical (unpaired) electrons. The number of likely N-dealkylation sites (N-methyl/N-ethyl adjacent to an activating group) is 2. The number of hydrogen-bond acceptors (Lipinski definition) is 5. The van der Waals surface area contributed by atoms with Gasteiger partial charge in [-0.25, -0.2) is 0 Å². The molecule has 170 valence electrons. The third-order valence-electron chi connectivity index (χ3n) is 7.71. The number of fused-ring (bicyclic) bond motifs is 3. The highest BCUT2D eigenvalue weighted by atomic mass is 16.3. The number of aromatic nitrogens is 1. The van der Waals surface area contributed by atoms with Crippen LogP contribution in [0.1, 0.15) is 18.7 Å². The second kappa shape index (κ2) is 8.46. The minimum absolute atomic E-state index is 0.0118. The fourth-order valence-electron chi connectivity index (χ4n) is 6.01. The maximum absolute atomic E-state index is 13.6. The van der Waals surface area contributed by atoms with E-state index in [0.717, 1.165) is 37.4 Å². The lowest BCUT2D eigenvalue weighted by atomic mass is 9.88. The number of benzene rings is 1. The molecule has 0 aliphatic carbocycles. The van der Waals surface area contributed by atoms with Gasteiger partial charge in [-0.1, -0.05) is 37.3 Å². The fraction of sp³-hybridized carbons (Fsp3) is 0.520. The summed E-state index contributed by atoms with van der Waals surface area (Å²) in [7, 11) is 2.08. The van der Waals surface area contributed by atoms with Gasteiger partial charge in [-0.15, -0.1) is 0 Å². The van der Waals surface area contributed by atoms with Crippen molar-refractivity contribution in [3.63, 3.8) is 0 Å². The molecule has 0 unspecified atom stereocenters. The Kier molecular flexibility index (Phi) is 5.65. The average molecular weight is 437 g/mol. The molecule has 0 saturated carbocycles. The Balaban J connectivity index is 1.49. The van der Waals surface area contributed by atoms with Crippen molar-refractivity contribution in [2.45, 2.75) is 25.6 Å². The van der Waals surface area contributed by atoms with E-state index in [1.165, 1.54) is 0 Å². The Labute approximate surface area is 188 Å². The highest BCUT2D eigenvalue weighted by molar-refractivity contribution is 5.83. The Morgan fingerprint density at radius 3 is 2.44 bits per heavy atom. The van der Waals surface area contributed by atoms with E-state index in [-0.39, 0.29) is 42.0 Å². The summed E-state index contributed by atoms with van der Waals surface area (Å²) >= 11 is 0. The molecule has 0 spiro atoms. The molecule has 32 heavy (non-hydrogen) atoms. The molecule has 1 amide bonds. The van der Waals surface area contributed by atoms with Crippen LogP contribution >= 0.6 is 0 Å². The lowest BCUT2D eigenvalue weighted by Gasteiger charge is -2.38. The van der Waals surface area contributed by atoms with E-state index in [2.05, 4.69) is 23.8 Å². The van der Waals surface area contributed by atoms with Gasteiger partial charge < -0.3 is 19.5 Å². The smallest absolute Gasteiger partial charge is 0.258 e. The Bertz CT molecular complexity index is 1040. The van der Waals surface area contributed by atoms with Gasteiger partial charge in [0.25, 0.3) is 5.56 Å². The number of hydrogen-bond donors (Lipinski definition) is 1. The normalized spacial score (nSPS) is 28.0. The average Bonchev–Trinajstić information content (AvgIpc) is 3.34. The van der Waals surface area contributed by atoms with E-state index in [1.807, 2.05) is 51.9 Å². The quantitative estimate of drug-likeness (QED) is 0.782. The second-order valence-corrected chi connectivity index (χ2v) is 9.31. The van der Waals surface area contributed by atoms with Crippen molar-refractivity contribution in [1.29, 1.82) is 0 Å². The van der Waals surface area contributed by atoms with E-state index in [9.17, 15) is 14.7 Å². The van der Waals surface area contributed by atoms with Crippen LogP contribution in [0.25, 0.3) is 11.1 Å². The summed E-state index contributed by atoms with van der Waals surface area (Å²) in [6, 6.07) is 13.4. The first-order chi connectivity index (χ1) is 15.5. The predicted molar refractivity (Wildman–Crippen MR) is 123 cm³/mol. The topological polar surface area (TPSA) is 69.0 Å². The van der Waals surface area contributed by atoms with E-state index in [1.54, 1.807) is 0 Å². The zero-order valence-electron chi connectivity index (χ0n) is 18.9. The number of rotatable bonds is 4. The number of likely N-dealkylation sites (tertiary alicyclic amines) is 1. The van der Waals surface area contributed by atoms with Crippen LogP contribution in [0, 0.1) is 11.8 Å². The molecule has 0 bridgehead atoms. The largest absolute Gasteiger partial charge is 0.396 e. The molecule has 7 nitrogen and oxygen atoms in total. The first-order valence-corrected chi connectivity index (χ1v) is 11.7. The zero-order valence-corrected chi connectivity index (χ0v) is 18.9. The molecule has 1 aromatic heterocycles. The van der Waals surface area contributed by atoms with Crippen LogP contribution in [0.4, 0.5) is 0 Å². The number of aliphatic hydroxyl groups is 1. The molecule has 3 aliphatic rings. The summed E-state index contributed by atoms with van der Waals surface area (Å²) < 4.78 is 1.87. The minimum atomic E-state index is -0.332. The summed E-state index contributed by atoms with van der Waals surface area (Å²) in [6.07, 6.45) is 0. The maximum atomic E-state index is 13.6. The maximum Gasteiger partial charge on any atom is 0.258 e. The van der Waals surface area contributed by atoms with Crippen LogP contribution < -0.4 is 5.56 Å². The Hall–Kier alpha value is -2.48. The van der Waals surface area contributed by atoms with Gasteiger partial charge in [0.1, 0.15) is 0 Å². The summed E-state index contributed by atoms with van der Waals surface area (Å²) in [5, 5.41) is 10.4. The summed E-state index contributed by atoms with van der Waals surface area (Å²) in [5.74, 6) is 0.00914. The number of piperazine rings is 1. The predicted octanol–water partition coefficient (Wildman–Crippen LogP) is 1.27. The van der Waals surface area contributed by atoms with Crippen LogP contribution in [0.2, 0.25) is 0 Å². The highest BCUT2D eigenvalue weighted by Crippen LogP contribution is 2.49. The van der Waals surface area contributed by atoms with Crippen LogP contribution in [-0.2, 0) is 11.3 Å². The number of nitrogens with zero attached hydrogens (tertiary/aromatic N) is 4. The van der Waals surface area contributed by atoms with E-state index in [0.29, 0.717) is 18.7 Å². The van der Waals surface area contributed by atoms with Gasteiger partial charge in [-0.2, -0.15) is 0 Å². The van der Waals surface area contributed by atoms with Crippen molar-refractivity contribution in [1.82, 2.24) is 19.3 Å². The van der Waals surface area contributed by atoms with Crippen LogP contribution in [-0.4, -0.2) is 82.7 Å². The van der Waals surface area contributed by atoms with Crippen molar-refractivity contribution >= 4 is 5.91 Å². The summed E-state index contributed by atoms with van der Waals surface area (Å²) in [5.41, 5.74) is 2.59. The lowest BCUT2D eigenvalue weighted by Crippen LogP contribution is -2.55. The Morgan fingerprint density at radius 2 is 1.78 bits per heavy atom. The van der Waals surface area contributed by atoms with Gasteiger partial charge >= 0.3 is 0 Å². The van der Waals surface area contributed by atoms with E-state index < -0.39 is 0 Å². The van der Waals surface area contributed by atoms with Crippen molar-refractivity contribution in [2.24, 2.45) is 11.8 Å². The van der Waals surface area contributed by atoms with Gasteiger partial charge in [0.05, 0.1) is 12.1 Å². The second-order valence-electron chi connectivity index (χ2n) is 9.31. The summed E-state index contributed by atoms with van der Waals surface area (Å²) in [6.45, 7) is 6.49. The first-order valence-electron chi connectivity index (χ1n) is 11.7. The van der Waals surface area contributed by atoms with Gasteiger partial charge in [0, 0.05) is 62.4 Å². The standard InChI is InChI=1S/C25H32N4O3/c1-3-28-22-19(20(16-30)23(28)25(32)27-13-11-26(2)12-14-27)15-29-21(22)10-9-18(24(29)31)17-7-5-4-6-8-17/h4-10,19-20,22-23,30H,3,11-16H2,1-2H3/t19-,20-,22+,23-/m1/s1. The lowest BCUT2D eigenvalue weighted by molar-refractivity contribution is -0.140. The van der Waals surface area contributed by atoms with Crippen molar-refractivity contribution in [2.75, 3.05) is 46.4 Å². The Morgan fingerprint density at radius 1 is 1.06 bits per heavy atom. The van der Waals surface area contributed by atoms with Crippen molar-refractivity contribution < 1.29 is 9.90 Å². The highest BCUT2D eigenvalue weighted by Gasteiger charge is 2.55. The van der Waals surface area contributed by atoms with Gasteiger partial charge in [-0.05, 0) is 31.3 Å². The third kappa shape index (κ3) is 3.31. The molecule has 1 aromatic carbocycles. The van der Waals surface area contributed by atoms with E-state index >= 15 is 0 Å². The number of pyridine rings is 1. The fourth-order valence-corrected chi connectivity index (χ4v) is 6.01. The molecule has 7 heteroatoms. The molecule has 4 atom stereocenters. The molecular formula is C25H32N4O3. The van der Waals surface area contributed by atoms with Gasteiger partial charge in [0.15, 0.2) is 0 Å². The molecule has 1 N–H and O–H groups in total. The molecule has 3 aliphatic heterocycles. The zero-order chi connectivity index (χ0) is 22.4. The molecular weight excluding hydrogens is 404 g/mol. The molecule has 5 rings (SSSR count). The van der Waals surface area contributed by atoms with Gasteiger partial charge in [0.2, 0.25) is 5.91 Å². The number of carbonyl (C=O) groups is 1. The van der Waals surface area contributed by atoms with Crippen LogP contribution in [0.3, 0.4) is 0 Å². The minimum Gasteiger partial charge on any atom is -0.396 e. The molecule has 2 aromatic rings. The third-order valence-corrected chi connectivity index (χ3v) is 7.71. The van der Waals surface area contributed by atoms with Crippen molar-refractivity contribution in [3.05, 3.63) is 58.5 Å². The monoisotopic (exact) mass is 436 g/mol. The van der Waals surface area contributed by atoms with Crippen LogP contribution in [0.5, 0.6) is 0 Å². The number of amides is 1. The van der Waals surface area contributed by atoms with E-state index in [4.69, 9.17) is 0 Å². The molecule has 2 saturated heterocycles. The first kappa shape index (κ1) is 21.4. The number of carbonyl (C=O) groups excluding carboxylic acids is 1. The van der Waals surface area contributed by atoms with Crippen LogP contribution in [0.15, 0.2) is 47.3 Å². The van der Waals surface area contributed by atoms with Gasteiger partial charge in [-0.3, -0.25) is 14.5 Å². The van der Waals surface area contributed by atoms with Crippen molar-refractivity contribution in [3.8, 4) is 11.1 Å².